The van der Waals surface area contributed by atoms with Crippen LogP contribution in [0.1, 0.15) is 25.7 Å². The quantitative estimate of drug-likeness (QED) is 0.276. The van der Waals surface area contributed by atoms with Crippen LogP contribution in [0.25, 0.3) is 10.4 Å². The van der Waals surface area contributed by atoms with Gasteiger partial charge in [0.15, 0.2) is 0 Å². The van der Waals surface area contributed by atoms with Crippen LogP contribution in [0, 0.1) is 0 Å². The lowest BCUT2D eigenvalue weighted by Crippen LogP contribution is -2.22. The van der Waals surface area contributed by atoms with Gasteiger partial charge in [-0.15, -0.1) is 0 Å². The van der Waals surface area contributed by atoms with E-state index in [0.29, 0.717) is 0 Å². The molecule has 1 N–H and O–H groups in total. The second-order valence-electron chi connectivity index (χ2n) is 2.98. The van der Waals surface area contributed by atoms with Crippen molar-refractivity contribution in [1.82, 2.24) is 0 Å². The second-order valence-corrected chi connectivity index (χ2v) is 2.98. The first-order chi connectivity index (χ1) is 5.84. The molecule has 0 spiro atoms. The summed E-state index contributed by atoms with van der Waals surface area (Å²) < 4.78 is 0. The van der Waals surface area contributed by atoms with Crippen LogP contribution in [0.15, 0.2) is 17.3 Å². The van der Waals surface area contributed by atoms with Crippen LogP contribution in [-0.4, -0.2) is 17.3 Å². The van der Waals surface area contributed by atoms with Gasteiger partial charge in [0, 0.05) is 4.91 Å². The number of azide groups is 1. The smallest absolute Gasteiger partial charge is 0.0814 e. The van der Waals surface area contributed by atoms with Crippen molar-refractivity contribution < 1.29 is 5.11 Å². The zero-order valence-corrected chi connectivity index (χ0v) is 6.93. The monoisotopic (exact) mass is 167 g/mol. The lowest BCUT2D eigenvalue weighted by atomic mass is 10.0. The minimum atomic E-state index is -0.502. The van der Waals surface area contributed by atoms with Crippen molar-refractivity contribution in [2.24, 2.45) is 5.11 Å². The van der Waals surface area contributed by atoms with Crippen LogP contribution < -0.4 is 0 Å². The molecule has 1 aliphatic rings. The van der Waals surface area contributed by atoms with Gasteiger partial charge in [-0.25, -0.2) is 0 Å². The Morgan fingerprint density at radius 1 is 1.50 bits per heavy atom. The molecule has 0 fully saturated rings. The second kappa shape index (κ2) is 4.80. The van der Waals surface area contributed by atoms with Crippen LogP contribution >= 0.6 is 0 Å². The van der Waals surface area contributed by atoms with Gasteiger partial charge in [0.2, 0.25) is 0 Å². The molecule has 66 valence electrons. The van der Waals surface area contributed by atoms with Crippen molar-refractivity contribution in [2.75, 3.05) is 0 Å². The van der Waals surface area contributed by atoms with Gasteiger partial charge < -0.3 is 5.11 Å². The molecule has 12 heavy (non-hydrogen) atoms. The average Bonchev–Trinajstić information content (AvgIpc) is 2.05. The van der Waals surface area contributed by atoms with Gasteiger partial charge in [-0.3, -0.25) is 0 Å². The van der Waals surface area contributed by atoms with Gasteiger partial charge in [0.05, 0.1) is 12.1 Å². The number of nitrogens with zero attached hydrogens (tertiary/aromatic N) is 3. The molecule has 0 aromatic carbocycles. The first-order valence-corrected chi connectivity index (χ1v) is 4.23. The zero-order chi connectivity index (χ0) is 8.81. The first-order valence-electron chi connectivity index (χ1n) is 4.23. The number of allylic oxidation sites excluding steroid dienone is 1. The molecule has 0 amide bonds. The van der Waals surface area contributed by atoms with Gasteiger partial charge in [0.1, 0.15) is 0 Å². The van der Waals surface area contributed by atoms with E-state index in [9.17, 15) is 5.11 Å². The van der Waals surface area contributed by atoms with Crippen molar-refractivity contribution in [3.8, 4) is 0 Å². The Morgan fingerprint density at radius 3 is 3.08 bits per heavy atom. The van der Waals surface area contributed by atoms with Gasteiger partial charge in [0.25, 0.3) is 0 Å². The molecular formula is C8H13N3O. The summed E-state index contributed by atoms with van der Waals surface area (Å²) in [6.45, 7) is 0. The molecule has 2 unspecified atom stereocenters. The third-order valence-corrected chi connectivity index (χ3v) is 2.03. The highest BCUT2D eigenvalue weighted by atomic mass is 16.3. The van der Waals surface area contributed by atoms with Crippen LogP contribution in [0.2, 0.25) is 0 Å². The summed E-state index contributed by atoms with van der Waals surface area (Å²) in [6, 6.07) is -0.365. The maximum Gasteiger partial charge on any atom is 0.0814 e. The molecule has 0 bridgehead atoms. The zero-order valence-electron chi connectivity index (χ0n) is 6.93. The summed E-state index contributed by atoms with van der Waals surface area (Å²) in [6.07, 6.45) is 7.13. The van der Waals surface area contributed by atoms with E-state index in [1.54, 1.807) is 6.08 Å². The predicted octanol–water partition coefficient (Wildman–Crippen LogP) is 2.16. The average molecular weight is 167 g/mol. The molecule has 0 aromatic rings. The Balaban J connectivity index is 2.63. The fourth-order valence-corrected chi connectivity index (χ4v) is 1.33. The van der Waals surface area contributed by atoms with Crippen molar-refractivity contribution in [3.63, 3.8) is 0 Å². The first kappa shape index (κ1) is 9.10. The van der Waals surface area contributed by atoms with Gasteiger partial charge in [-0.2, -0.15) is 0 Å². The molecule has 0 radical (unpaired) electrons. The number of hydrogen-bond acceptors (Lipinski definition) is 2. The summed E-state index contributed by atoms with van der Waals surface area (Å²) in [5, 5.41) is 13.0. The third-order valence-electron chi connectivity index (χ3n) is 2.03. The van der Waals surface area contributed by atoms with Crippen molar-refractivity contribution in [2.45, 2.75) is 37.8 Å². The Bertz CT molecular complexity index is 208. The minimum absolute atomic E-state index is 0.365. The molecule has 0 saturated heterocycles. The van der Waals surface area contributed by atoms with Crippen molar-refractivity contribution >= 4 is 0 Å². The highest BCUT2D eigenvalue weighted by Gasteiger charge is 2.15. The van der Waals surface area contributed by atoms with E-state index >= 15 is 0 Å². The summed E-state index contributed by atoms with van der Waals surface area (Å²) >= 11 is 0. The van der Waals surface area contributed by atoms with E-state index < -0.39 is 6.10 Å². The molecule has 0 saturated carbocycles. The van der Waals surface area contributed by atoms with E-state index in [4.69, 9.17) is 5.53 Å². The maximum absolute atomic E-state index is 9.49. The molecule has 1 aliphatic carbocycles. The molecule has 0 heterocycles. The lowest BCUT2D eigenvalue weighted by Gasteiger charge is -2.16. The van der Waals surface area contributed by atoms with Crippen LogP contribution in [0.4, 0.5) is 0 Å². The molecule has 1 rings (SSSR count). The topological polar surface area (TPSA) is 69.0 Å². The summed E-state index contributed by atoms with van der Waals surface area (Å²) in [7, 11) is 0. The van der Waals surface area contributed by atoms with E-state index in [1.807, 2.05) is 6.08 Å². The number of rotatable bonds is 1. The standard InChI is InChI=1S/C8H13N3O/c9-11-10-7-5-3-1-2-4-6-8(7)12/h3,5,7-8,12H,1-2,4,6H2. The van der Waals surface area contributed by atoms with E-state index in [-0.39, 0.29) is 6.04 Å². The Kier molecular flexibility index (Phi) is 3.64. The number of aliphatic hydroxyl groups excluding tert-OH is 1. The SMILES string of the molecule is [N-]=[N+]=NC1C=CCCCCC1O. The molecule has 0 aromatic heterocycles. The Labute approximate surface area is 71.5 Å². The summed E-state index contributed by atoms with van der Waals surface area (Å²) in [5.74, 6) is 0. The van der Waals surface area contributed by atoms with E-state index in [1.165, 1.54) is 0 Å². The van der Waals surface area contributed by atoms with Crippen LogP contribution in [-0.2, 0) is 0 Å². The van der Waals surface area contributed by atoms with Gasteiger partial charge in [-0.1, -0.05) is 23.7 Å². The molecule has 4 heteroatoms. The Hall–Kier alpha value is -0.990. The van der Waals surface area contributed by atoms with E-state index in [2.05, 4.69) is 10.0 Å². The van der Waals surface area contributed by atoms with Crippen molar-refractivity contribution in [3.05, 3.63) is 22.6 Å². The Morgan fingerprint density at radius 2 is 2.33 bits per heavy atom. The van der Waals surface area contributed by atoms with Crippen molar-refractivity contribution in [1.29, 1.82) is 0 Å². The fourth-order valence-electron chi connectivity index (χ4n) is 1.33. The summed E-state index contributed by atoms with van der Waals surface area (Å²) in [4.78, 5) is 2.70. The molecular weight excluding hydrogens is 154 g/mol. The highest BCUT2D eigenvalue weighted by molar-refractivity contribution is 4.98. The predicted molar refractivity (Wildman–Crippen MR) is 46.5 cm³/mol. The molecule has 4 nitrogen and oxygen atoms in total. The number of hydrogen-bond donors (Lipinski definition) is 1. The van der Waals surface area contributed by atoms with Crippen LogP contribution in [0.3, 0.4) is 0 Å². The fraction of sp³-hybridized carbons (Fsp3) is 0.750. The summed E-state index contributed by atoms with van der Waals surface area (Å²) in [5.41, 5.74) is 8.21. The normalized spacial score (nSPS) is 30.1. The van der Waals surface area contributed by atoms with E-state index in [0.717, 1.165) is 25.7 Å². The third kappa shape index (κ3) is 2.57. The minimum Gasteiger partial charge on any atom is -0.392 e. The molecule has 2 atom stereocenters. The van der Waals surface area contributed by atoms with Gasteiger partial charge in [-0.05, 0) is 24.8 Å². The van der Waals surface area contributed by atoms with Crippen LogP contribution in [0.5, 0.6) is 0 Å². The van der Waals surface area contributed by atoms with Gasteiger partial charge >= 0.3 is 0 Å². The number of aliphatic hydroxyl groups is 1. The highest BCUT2D eigenvalue weighted by Crippen LogP contribution is 2.14. The largest absolute Gasteiger partial charge is 0.392 e. The maximum atomic E-state index is 9.49. The lowest BCUT2D eigenvalue weighted by molar-refractivity contribution is 0.146. The molecule has 0 aliphatic heterocycles.